The number of β-amino-alcohol motifs (C(OH)–C–C–N with tert-alkyl or cyclic N) is 1. The number of likely N-dealkylation sites (N-methyl/N-ethyl adjacent to an activating group) is 1. The molecule has 0 bridgehead atoms. The normalized spacial score (nSPS) is 21.1. The first-order valence-electron chi connectivity index (χ1n) is 8.21. The van der Waals surface area contributed by atoms with Crippen molar-refractivity contribution in [3.63, 3.8) is 0 Å². The number of carbonyl (C=O) groups is 1. The van der Waals surface area contributed by atoms with E-state index in [0.717, 1.165) is 18.8 Å². The Morgan fingerprint density at radius 2 is 2.17 bits per heavy atom. The number of H-pyrrole nitrogens is 1. The van der Waals surface area contributed by atoms with Crippen molar-refractivity contribution in [3.8, 4) is 0 Å². The van der Waals surface area contributed by atoms with Crippen molar-refractivity contribution in [3.05, 3.63) is 53.3 Å². The van der Waals surface area contributed by atoms with E-state index in [-0.39, 0.29) is 5.91 Å². The Morgan fingerprint density at radius 3 is 2.83 bits per heavy atom. The Hall–Kier alpha value is -2.18. The minimum absolute atomic E-state index is 0.172. The van der Waals surface area contributed by atoms with Gasteiger partial charge >= 0.3 is 0 Å². The van der Waals surface area contributed by atoms with Gasteiger partial charge in [0, 0.05) is 32.4 Å². The van der Waals surface area contributed by atoms with E-state index in [9.17, 15) is 9.90 Å². The fourth-order valence-electron chi connectivity index (χ4n) is 3.28. The standard InChI is InChI=1S/C18H24N4O2/c1-14-10-16(20-19-14)17(23)21(2)12-18(24)8-9-22(13-18)11-15-6-4-3-5-7-15/h3-7,10,24H,8-9,11-13H2,1-2H3,(H,19,20). The van der Waals surface area contributed by atoms with Gasteiger partial charge < -0.3 is 10.0 Å². The van der Waals surface area contributed by atoms with Crippen LogP contribution in [0.1, 0.15) is 28.2 Å². The van der Waals surface area contributed by atoms with E-state index in [2.05, 4.69) is 27.2 Å². The van der Waals surface area contributed by atoms with Gasteiger partial charge in [-0.2, -0.15) is 5.10 Å². The van der Waals surface area contributed by atoms with E-state index in [0.29, 0.717) is 25.2 Å². The van der Waals surface area contributed by atoms with Crippen LogP contribution in [-0.2, 0) is 6.54 Å². The fraction of sp³-hybridized carbons (Fsp3) is 0.444. The Morgan fingerprint density at radius 1 is 1.42 bits per heavy atom. The third-order valence-corrected chi connectivity index (χ3v) is 4.46. The second-order valence-electron chi connectivity index (χ2n) is 6.77. The van der Waals surface area contributed by atoms with E-state index >= 15 is 0 Å². The lowest BCUT2D eigenvalue weighted by molar-refractivity contribution is 0.0168. The summed E-state index contributed by atoms with van der Waals surface area (Å²) in [5.74, 6) is -0.172. The SMILES string of the molecule is Cc1cc(C(=O)N(C)CC2(O)CCN(Cc3ccccc3)C2)n[nH]1. The molecule has 1 saturated heterocycles. The number of nitrogens with one attached hydrogen (secondary N) is 1. The molecule has 1 aromatic heterocycles. The van der Waals surface area contributed by atoms with Gasteiger partial charge in [0.05, 0.1) is 12.1 Å². The molecule has 1 aliphatic rings. The summed E-state index contributed by atoms with van der Waals surface area (Å²) in [7, 11) is 1.71. The van der Waals surface area contributed by atoms with Crippen LogP contribution >= 0.6 is 0 Å². The molecule has 1 amide bonds. The number of carbonyl (C=O) groups excluding carboxylic acids is 1. The lowest BCUT2D eigenvalue weighted by atomic mass is 10.0. The zero-order valence-corrected chi connectivity index (χ0v) is 14.2. The van der Waals surface area contributed by atoms with Gasteiger partial charge in [-0.1, -0.05) is 30.3 Å². The molecule has 0 radical (unpaired) electrons. The highest BCUT2D eigenvalue weighted by atomic mass is 16.3. The molecule has 24 heavy (non-hydrogen) atoms. The van der Waals surface area contributed by atoms with Crippen LogP contribution in [0.25, 0.3) is 0 Å². The first-order chi connectivity index (χ1) is 11.5. The molecule has 1 atom stereocenters. The predicted molar refractivity (Wildman–Crippen MR) is 91.6 cm³/mol. The fourth-order valence-corrected chi connectivity index (χ4v) is 3.28. The second-order valence-corrected chi connectivity index (χ2v) is 6.77. The number of rotatable bonds is 5. The number of aryl methyl sites for hydroxylation is 1. The molecule has 1 fully saturated rings. The van der Waals surface area contributed by atoms with Gasteiger partial charge in [-0.05, 0) is 25.0 Å². The third kappa shape index (κ3) is 3.83. The van der Waals surface area contributed by atoms with Crippen LogP contribution in [0, 0.1) is 6.92 Å². The molecule has 0 aliphatic carbocycles. The Bertz CT molecular complexity index is 700. The molecule has 2 aromatic rings. The number of nitrogens with zero attached hydrogens (tertiary/aromatic N) is 3. The Kier molecular flexibility index (Phi) is 4.69. The second kappa shape index (κ2) is 6.75. The summed E-state index contributed by atoms with van der Waals surface area (Å²) in [6, 6.07) is 12.0. The summed E-state index contributed by atoms with van der Waals surface area (Å²) in [6.45, 7) is 4.38. The zero-order valence-electron chi connectivity index (χ0n) is 14.2. The van der Waals surface area contributed by atoms with Crippen LogP contribution in [-0.4, -0.2) is 63.3 Å². The van der Waals surface area contributed by atoms with Crippen LogP contribution in [0.4, 0.5) is 0 Å². The minimum atomic E-state index is -0.870. The van der Waals surface area contributed by atoms with Crippen LogP contribution in [0.15, 0.2) is 36.4 Å². The van der Waals surface area contributed by atoms with Crippen molar-refractivity contribution in [1.82, 2.24) is 20.0 Å². The highest BCUT2D eigenvalue weighted by Gasteiger charge is 2.38. The first-order valence-corrected chi connectivity index (χ1v) is 8.21. The van der Waals surface area contributed by atoms with Gasteiger partial charge in [-0.25, -0.2) is 0 Å². The highest BCUT2D eigenvalue weighted by molar-refractivity contribution is 5.92. The van der Waals surface area contributed by atoms with Crippen molar-refractivity contribution in [1.29, 1.82) is 0 Å². The van der Waals surface area contributed by atoms with Crippen molar-refractivity contribution in [2.24, 2.45) is 0 Å². The predicted octanol–water partition coefficient (Wildman–Crippen LogP) is 1.43. The van der Waals surface area contributed by atoms with Crippen molar-refractivity contribution >= 4 is 5.91 Å². The first kappa shape index (κ1) is 16.7. The largest absolute Gasteiger partial charge is 0.387 e. The van der Waals surface area contributed by atoms with E-state index < -0.39 is 5.60 Å². The minimum Gasteiger partial charge on any atom is -0.387 e. The molecule has 2 heterocycles. The molecule has 1 aromatic carbocycles. The molecule has 6 nitrogen and oxygen atoms in total. The molecule has 128 valence electrons. The number of hydrogen-bond donors (Lipinski definition) is 2. The van der Waals surface area contributed by atoms with Gasteiger partial charge in [0.2, 0.25) is 0 Å². The molecule has 1 aliphatic heterocycles. The number of amides is 1. The Labute approximate surface area is 142 Å². The zero-order chi connectivity index (χ0) is 17.2. The van der Waals surface area contributed by atoms with Gasteiger partial charge in [0.15, 0.2) is 0 Å². The van der Waals surface area contributed by atoms with Gasteiger partial charge in [-0.15, -0.1) is 0 Å². The van der Waals surface area contributed by atoms with Gasteiger partial charge in [0.25, 0.3) is 5.91 Å². The maximum absolute atomic E-state index is 12.4. The summed E-state index contributed by atoms with van der Waals surface area (Å²) < 4.78 is 0. The molecular formula is C18H24N4O2. The van der Waals surface area contributed by atoms with Crippen molar-refractivity contribution in [2.45, 2.75) is 25.5 Å². The molecule has 3 rings (SSSR count). The maximum atomic E-state index is 12.4. The summed E-state index contributed by atoms with van der Waals surface area (Å²) in [4.78, 5) is 16.2. The molecule has 0 spiro atoms. The van der Waals surface area contributed by atoms with E-state index in [1.165, 1.54) is 5.56 Å². The number of hydrogen-bond acceptors (Lipinski definition) is 4. The molecule has 1 unspecified atom stereocenters. The highest BCUT2D eigenvalue weighted by Crippen LogP contribution is 2.24. The summed E-state index contributed by atoms with van der Waals surface area (Å²) in [5.41, 5.74) is 1.60. The van der Waals surface area contributed by atoms with Crippen molar-refractivity contribution in [2.75, 3.05) is 26.7 Å². The summed E-state index contributed by atoms with van der Waals surface area (Å²) >= 11 is 0. The van der Waals surface area contributed by atoms with Crippen molar-refractivity contribution < 1.29 is 9.90 Å². The van der Waals surface area contributed by atoms with E-state index in [4.69, 9.17) is 0 Å². The average molecular weight is 328 g/mol. The monoisotopic (exact) mass is 328 g/mol. The lowest BCUT2D eigenvalue weighted by Gasteiger charge is -2.28. The number of benzene rings is 1. The third-order valence-electron chi connectivity index (χ3n) is 4.46. The topological polar surface area (TPSA) is 72.5 Å². The van der Waals surface area contributed by atoms with Crippen LogP contribution in [0.5, 0.6) is 0 Å². The number of aromatic nitrogens is 2. The quantitative estimate of drug-likeness (QED) is 0.871. The number of aromatic amines is 1. The molecule has 2 N–H and O–H groups in total. The molecule has 0 saturated carbocycles. The maximum Gasteiger partial charge on any atom is 0.274 e. The molecular weight excluding hydrogens is 304 g/mol. The smallest absolute Gasteiger partial charge is 0.274 e. The molecule has 6 heteroatoms. The summed E-state index contributed by atoms with van der Waals surface area (Å²) in [5, 5.41) is 17.6. The number of likely N-dealkylation sites (tertiary alicyclic amines) is 1. The van der Waals surface area contributed by atoms with E-state index in [1.54, 1.807) is 18.0 Å². The number of aliphatic hydroxyl groups is 1. The van der Waals surface area contributed by atoms with E-state index in [1.807, 2.05) is 25.1 Å². The summed E-state index contributed by atoms with van der Waals surface area (Å²) in [6.07, 6.45) is 0.664. The van der Waals surface area contributed by atoms with Gasteiger partial charge in [-0.3, -0.25) is 14.8 Å². The lowest BCUT2D eigenvalue weighted by Crippen LogP contribution is -2.45. The van der Waals surface area contributed by atoms with Crippen LogP contribution < -0.4 is 0 Å². The van der Waals surface area contributed by atoms with Crippen LogP contribution in [0.3, 0.4) is 0 Å². The van der Waals surface area contributed by atoms with Crippen LogP contribution in [0.2, 0.25) is 0 Å². The van der Waals surface area contributed by atoms with Gasteiger partial charge in [0.1, 0.15) is 5.69 Å². The average Bonchev–Trinajstić information content (AvgIpc) is 3.14. The Balaban J connectivity index is 1.57.